The number of aromatic nitrogens is 1. The van der Waals surface area contributed by atoms with Gasteiger partial charge in [0.15, 0.2) is 0 Å². The molecule has 29 heavy (non-hydrogen) atoms. The molecule has 0 radical (unpaired) electrons. The second-order valence-corrected chi connectivity index (χ2v) is 7.00. The highest BCUT2D eigenvalue weighted by molar-refractivity contribution is 5.83. The normalized spacial score (nSPS) is 12.0. The summed E-state index contributed by atoms with van der Waals surface area (Å²) in [4.78, 5) is 24.9. The molecule has 0 saturated heterocycles. The number of fused-ring (bicyclic) bond motifs is 1. The van der Waals surface area contributed by atoms with Crippen molar-refractivity contribution >= 4 is 16.9 Å². The summed E-state index contributed by atoms with van der Waals surface area (Å²) in [7, 11) is 1.32. The molecule has 3 rings (SSSR count). The van der Waals surface area contributed by atoms with Crippen molar-refractivity contribution in [1.82, 2.24) is 4.57 Å². The summed E-state index contributed by atoms with van der Waals surface area (Å²) in [5.41, 5.74) is 7.87. The van der Waals surface area contributed by atoms with E-state index in [0.29, 0.717) is 24.5 Å². The Bertz CT molecular complexity index is 1040. The second-order valence-electron chi connectivity index (χ2n) is 7.00. The molecule has 0 aliphatic carbocycles. The van der Waals surface area contributed by atoms with E-state index in [1.54, 1.807) is 10.6 Å². The van der Waals surface area contributed by atoms with E-state index in [-0.39, 0.29) is 18.0 Å². The zero-order chi connectivity index (χ0) is 20.8. The van der Waals surface area contributed by atoms with Crippen LogP contribution in [0, 0.1) is 0 Å². The molecule has 0 fully saturated rings. The number of rotatable bonds is 8. The van der Waals surface area contributed by atoms with Gasteiger partial charge in [0.2, 0.25) is 0 Å². The van der Waals surface area contributed by atoms with Crippen molar-refractivity contribution in [2.45, 2.75) is 32.4 Å². The van der Waals surface area contributed by atoms with E-state index < -0.39 is 5.97 Å². The van der Waals surface area contributed by atoms with Crippen LogP contribution in [0.4, 0.5) is 0 Å². The van der Waals surface area contributed by atoms with Crippen LogP contribution in [0.2, 0.25) is 0 Å². The molecular weight excluding hydrogens is 368 g/mol. The molecule has 0 aliphatic rings. The molecular formula is C23H26N2O4. The number of ether oxygens (including phenoxy) is 2. The van der Waals surface area contributed by atoms with Gasteiger partial charge in [0.25, 0.3) is 5.56 Å². The minimum Gasteiger partial charge on any atom is -0.492 e. The van der Waals surface area contributed by atoms with E-state index in [0.717, 1.165) is 22.9 Å². The van der Waals surface area contributed by atoms with Gasteiger partial charge < -0.3 is 19.8 Å². The monoisotopic (exact) mass is 394 g/mol. The molecule has 0 spiro atoms. The van der Waals surface area contributed by atoms with Crippen molar-refractivity contribution in [1.29, 1.82) is 0 Å². The Kier molecular flexibility index (Phi) is 6.67. The number of methoxy groups -OCH3 is 1. The van der Waals surface area contributed by atoms with Crippen LogP contribution < -0.4 is 16.0 Å². The van der Waals surface area contributed by atoms with E-state index in [2.05, 4.69) is 0 Å². The highest BCUT2D eigenvalue weighted by Crippen LogP contribution is 2.22. The van der Waals surface area contributed by atoms with Gasteiger partial charge in [-0.3, -0.25) is 9.59 Å². The first-order valence-electron chi connectivity index (χ1n) is 9.67. The number of carbonyl (C=O) groups is 1. The molecule has 0 bridgehead atoms. The molecule has 2 aromatic carbocycles. The van der Waals surface area contributed by atoms with Crippen molar-refractivity contribution in [2.75, 3.05) is 13.7 Å². The van der Waals surface area contributed by atoms with Crippen LogP contribution in [0.15, 0.2) is 59.4 Å². The van der Waals surface area contributed by atoms with Crippen LogP contribution in [-0.4, -0.2) is 30.3 Å². The van der Waals surface area contributed by atoms with Gasteiger partial charge in [0.05, 0.1) is 25.6 Å². The van der Waals surface area contributed by atoms with Gasteiger partial charge in [-0.25, -0.2) is 0 Å². The van der Waals surface area contributed by atoms with Crippen molar-refractivity contribution in [3.05, 3.63) is 76.1 Å². The summed E-state index contributed by atoms with van der Waals surface area (Å²) in [5.74, 6) is 0.213. The molecule has 0 aliphatic heterocycles. The Hall–Kier alpha value is -3.12. The van der Waals surface area contributed by atoms with E-state index in [1.165, 1.54) is 7.11 Å². The number of hydrogen-bond donors (Lipinski definition) is 1. The average Bonchev–Trinajstić information content (AvgIpc) is 2.75. The summed E-state index contributed by atoms with van der Waals surface area (Å²) in [6.07, 6.45) is 0.757. The first kappa shape index (κ1) is 20.6. The molecule has 6 heteroatoms. The molecule has 1 heterocycles. The maximum Gasteiger partial charge on any atom is 0.310 e. The maximum atomic E-state index is 13.2. The zero-order valence-electron chi connectivity index (χ0n) is 16.8. The molecule has 0 amide bonds. The van der Waals surface area contributed by atoms with Gasteiger partial charge in [0, 0.05) is 17.7 Å². The largest absolute Gasteiger partial charge is 0.492 e. The molecule has 2 N–H and O–H groups in total. The van der Waals surface area contributed by atoms with Gasteiger partial charge in [0.1, 0.15) is 12.4 Å². The molecule has 1 unspecified atom stereocenters. The maximum absolute atomic E-state index is 13.2. The number of esters is 1. The molecule has 0 saturated carbocycles. The zero-order valence-corrected chi connectivity index (χ0v) is 16.8. The number of nitrogens with zero attached hydrogens (tertiary/aromatic N) is 1. The van der Waals surface area contributed by atoms with Crippen LogP contribution >= 0.6 is 0 Å². The Morgan fingerprint density at radius 3 is 2.59 bits per heavy atom. The molecule has 1 atom stereocenters. The quantitative estimate of drug-likeness (QED) is 0.594. The summed E-state index contributed by atoms with van der Waals surface area (Å²) in [6.45, 7) is 2.81. The fourth-order valence-electron chi connectivity index (χ4n) is 3.10. The lowest BCUT2D eigenvalue weighted by molar-refractivity contribution is -0.139. The number of carbonyl (C=O) groups excluding carboxylic acids is 1. The van der Waals surface area contributed by atoms with Crippen molar-refractivity contribution in [3.63, 3.8) is 0 Å². The van der Waals surface area contributed by atoms with E-state index in [9.17, 15) is 9.59 Å². The molecule has 1 aromatic heterocycles. The van der Waals surface area contributed by atoms with Crippen LogP contribution in [0.3, 0.4) is 0 Å². The highest BCUT2D eigenvalue weighted by atomic mass is 16.5. The van der Waals surface area contributed by atoms with Crippen LogP contribution in [0.1, 0.15) is 24.5 Å². The predicted octanol–water partition coefficient (Wildman–Crippen LogP) is 2.88. The van der Waals surface area contributed by atoms with Crippen LogP contribution in [0.25, 0.3) is 10.9 Å². The smallest absolute Gasteiger partial charge is 0.310 e. The summed E-state index contributed by atoms with van der Waals surface area (Å²) in [6, 6.07) is 17.0. The topological polar surface area (TPSA) is 83.6 Å². The van der Waals surface area contributed by atoms with Crippen LogP contribution in [0.5, 0.6) is 5.75 Å². The Morgan fingerprint density at radius 1 is 1.14 bits per heavy atom. The van der Waals surface area contributed by atoms with Gasteiger partial charge in [-0.05, 0) is 35.6 Å². The summed E-state index contributed by atoms with van der Waals surface area (Å²) < 4.78 is 12.2. The minimum absolute atomic E-state index is 0.0420. The molecule has 3 aromatic rings. The number of hydrogen-bond acceptors (Lipinski definition) is 5. The Morgan fingerprint density at radius 2 is 1.90 bits per heavy atom. The number of nitrogens with two attached hydrogens (primary N) is 1. The minimum atomic E-state index is -0.443. The van der Waals surface area contributed by atoms with Gasteiger partial charge in [-0.15, -0.1) is 0 Å². The first-order chi connectivity index (χ1) is 14.0. The van der Waals surface area contributed by atoms with Gasteiger partial charge >= 0.3 is 5.97 Å². The van der Waals surface area contributed by atoms with Crippen molar-refractivity contribution in [2.24, 2.45) is 5.73 Å². The van der Waals surface area contributed by atoms with E-state index in [1.807, 2.05) is 55.5 Å². The number of pyridine rings is 1. The Balaban J connectivity index is 2.07. The van der Waals surface area contributed by atoms with Gasteiger partial charge in [-0.2, -0.15) is 0 Å². The van der Waals surface area contributed by atoms with E-state index >= 15 is 0 Å². The SMILES string of the molecule is CCC(N)COc1ccc2cc(CC(=O)OC)c(=O)n(Cc3ccccc3)c2c1. The highest BCUT2D eigenvalue weighted by Gasteiger charge is 2.14. The molecule has 6 nitrogen and oxygen atoms in total. The molecule has 152 valence electrons. The third kappa shape index (κ3) is 5.03. The summed E-state index contributed by atoms with van der Waals surface area (Å²) >= 11 is 0. The lowest BCUT2D eigenvalue weighted by atomic mass is 10.1. The first-order valence-corrected chi connectivity index (χ1v) is 9.67. The van der Waals surface area contributed by atoms with Crippen LogP contribution in [-0.2, 0) is 22.5 Å². The Labute approximate surface area is 169 Å². The lowest BCUT2D eigenvalue weighted by Gasteiger charge is -2.15. The third-order valence-corrected chi connectivity index (χ3v) is 4.88. The van der Waals surface area contributed by atoms with Crippen molar-refractivity contribution in [3.8, 4) is 5.75 Å². The predicted molar refractivity (Wildman–Crippen MR) is 113 cm³/mol. The second kappa shape index (κ2) is 9.39. The lowest BCUT2D eigenvalue weighted by Crippen LogP contribution is -2.27. The van der Waals surface area contributed by atoms with Crippen molar-refractivity contribution < 1.29 is 14.3 Å². The summed E-state index contributed by atoms with van der Waals surface area (Å²) in [5, 5.41) is 0.853. The number of benzene rings is 2. The fourth-order valence-corrected chi connectivity index (χ4v) is 3.10. The fraction of sp³-hybridized carbons (Fsp3) is 0.304. The standard InChI is InChI=1S/C23H26N2O4/c1-3-19(24)15-29-20-10-9-17-11-18(12-22(26)28-2)23(27)25(21(17)13-20)14-16-7-5-4-6-8-16/h4-11,13,19H,3,12,14-15,24H2,1-2H3. The van der Waals surface area contributed by atoms with E-state index in [4.69, 9.17) is 15.2 Å². The third-order valence-electron chi connectivity index (χ3n) is 4.88. The average molecular weight is 394 g/mol. The van der Waals surface area contributed by atoms with Gasteiger partial charge in [-0.1, -0.05) is 37.3 Å².